The number of nitrogens with one attached hydrogen (secondary N) is 1. The Kier molecular flexibility index (Phi) is 6.42. The van der Waals surface area contributed by atoms with Crippen LogP contribution in [-0.4, -0.2) is 47.2 Å². The molecule has 5 rings (SSSR count). The molecular weight excluding hydrogens is 426 g/mol. The Morgan fingerprint density at radius 1 is 1.09 bits per heavy atom. The number of likely N-dealkylation sites (tertiary alicyclic amines) is 1. The van der Waals surface area contributed by atoms with Crippen LogP contribution in [0.1, 0.15) is 54.9 Å². The van der Waals surface area contributed by atoms with Crippen molar-refractivity contribution in [2.45, 2.75) is 58.0 Å². The average molecular weight is 460 g/mol. The minimum Gasteiger partial charge on any atom is -0.492 e. The number of nitrogens with zero attached hydrogens (tertiary/aromatic N) is 2. The lowest BCUT2D eigenvalue weighted by molar-refractivity contribution is 0.0951. The van der Waals surface area contributed by atoms with Gasteiger partial charge in [0.05, 0.1) is 11.1 Å². The van der Waals surface area contributed by atoms with Crippen LogP contribution >= 0.6 is 0 Å². The summed E-state index contributed by atoms with van der Waals surface area (Å²) in [6.45, 7) is 6.87. The van der Waals surface area contributed by atoms with Crippen LogP contribution in [0.5, 0.6) is 5.75 Å². The molecule has 1 saturated heterocycles. The zero-order chi connectivity index (χ0) is 23.7. The van der Waals surface area contributed by atoms with Gasteiger partial charge < -0.3 is 10.1 Å². The van der Waals surface area contributed by atoms with E-state index >= 15 is 0 Å². The van der Waals surface area contributed by atoms with Gasteiger partial charge >= 0.3 is 0 Å². The number of hydrogen-bond acceptors (Lipinski definition) is 4. The molecule has 2 fully saturated rings. The highest BCUT2D eigenvalue weighted by atomic mass is 16.5. The van der Waals surface area contributed by atoms with E-state index in [1.165, 1.54) is 19.3 Å². The summed E-state index contributed by atoms with van der Waals surface area (Å²) >= 11 is 0. The first-order valence-corrected chi connectivity index (χ1v) is 12.4. The van der Waals surface area contributed by atoms with E-state index in [0.29, 0.717) is 29.3 Å². The molecule has 0 spiro atoms. The van der Waals surface area contributed by atoms with Gasteiger partial charge in [0, 0.05) is 30.4 Å². The number of amides is 1. The summed E-state index contributed by atoms with van der Waals surface area (Å²) in [6, 6.07) is 14.1. The van der Waals surface area contributed by atoms with Crippen LogP contribution in [0.2, 0.25) is 0 Å². The first kappa shape index (κ1) is 22.7. The van der Waals surface area contributed by atoms with E-state index in [0.717, 1.165) is 42.6 Å². The van der Waals surface area contributed by atoms with Crippen molar-refractivity contribution < 1.29 is 9.53 Å². The molecule has 1 amide bonds. The third-order valence-electron chi connectivity index (χ3n) is 7.11. The van der Waals surface area contributed by atoms with Crippen LogP contribution in [-0.2, 0) is 0 Å². The zero-order valence-electron chi connectivity index (χ0n) is 20.0. The number of aryl methyl sites for hydroxylation is 1. The van der Waals surface area contributed by atoms with Crippen molar-refractivity contribution in [3.63, 3.8) is 0 Å². The van der Waals surface area contributed by atoms with E-state index in [2.05, 4.69) is 17.1 Å². The quantitative estimate of drug-likeness (QED) is 0.567. The lowest BCUT2D eigenvalue weighted by Crippen LogP contribution is -2.39. The van der Waals surface area contributed by atoms with E-state index < -0.39 is 0 Å². The van der Waals surface area contributed by atoms with Crippen LogP contribution in [0.4, 0.5) is 0 Å². The molecule has 0 unspecified atom stereocenters. The van der Waals surface area contributed by atoms with Crippen LogP contribution in [0.15, 0.2) is 53.5 Å². The molecule has 2 aliphatic rings. The molecule has 3 aromatic rings. The monoisotopic (exact) mass is 459 g/mol. The minimum absolute atomic E-state index is 0.0868. The Balaban J connectivity index is 1.38. The molecule has 1 atom stereocenters. The van der Waals surface area contributed by atoms with Gasteiger partial charge in [0.15, 0.2) is 0 Å². The highest BCUT2D eigenvalue weighted by molar-refractivity contribution is 5.95. The summed E-state index contributed by atoms with van der Waals surface area (Å²) in [5, 5.41) is 4.50. The third-order valence-corrected chi connectivity index (χ3v) is 7.11. The molecule has 2 heterocycles. The van der Waals surface area contributed by atoms with Crippen molar-refractivity contribution >= 4 is 16.7 Å². The predicted octanol–water partition coefficient (Wildman–Crippen LogP) is 4.44. The number of benzene rings is 2. The van der Waals surface area contributed by atoms with Crippen molar-refractivity contribution in [2.75, 3.05) is 19.7 Å². The van der Waals surface area contributed by atoms with Gasteiger partial charge in [0.2, 0.25) is 0 Å². The van der Waals surface area contributed by atoms with Crippen LogP contribution in [0.25, 0.3) is 16.5 Å². The summed E-state index contributed by atoms with van der Waals surface area (Å²) < 4.78 is 7.67. The number of fused-ring (bicyclic) bond motifs is 1. The van der Waals surface area contributed by atoms with Crippen LogP contribution < -0.4 is 15.6 Å². The molecule has 0 bridgehead atoms. The fourth-order valence-electron chi connectivity index (χ4n) is 4.77. The largest absolute Gasteiger partial charge is 0.492 e. The molecule has 34 heavy (non-hydrogen) atoms. The smallest absolute Gasteiger partial charge is 0.263 e. The molecule has 178 valence electrons. The third kappa shape index (κ3) is 4.87. The Bertz CT molecular complexity index is 1260. The van der Waals surface area contributed by atoms with E-state index in [1.54, 1.807) is 16.8 Å². The Morgan fingerprint density at radius 3 is 2.74 bits per heavy atom. The lowest BCUT2D eigenvalue weighted by atomic mass is 10.0. The van der Waals surface area contributed by atoms with Gasteiger partial charge in [-0.15, -0.1) is 0 Å². The van der Waals surface area contributed by atoms with Crippen molar-refractivity contribution in [3.8, 4) is 11.4 Å². The van der Waals surface area contributed by atoms with E-state index in [-0.39, 0.29) is 17.5 Å². The van der Waals surface area contributed by atoms with Gasteiger partial charge in [-0.3, -0.25) is 19.1 Å². The summed E-state index contributed by atoms with van der Waals surface area (Å²) in [6.07, 6.45) is 7.67. The molecule has 6 heteroatoms. The zero-order valence-corrected chi connectivity index (χ0v) is 20.0. The topological polar surface area (TPSA) is 63.6 Å². The Labute approximate surface area is 200 Å². The van der Waals surface area contributed by atoms with Crippen molar-refractivity contribution in [1.82, 2.24) is 14.8 Å². The number of carbonyl (C=O) groups excluding carboxylic acids is 1. The van der Waals surface area contributed by atoms with Crippen molar-refractivity contribution in [2.24, 2.45) is 0 Å². The van der Waals surface area contributed by atoms with E-state index in [1.807, 2.05) is 43.3 Å². The lowest BCUT2D eigenvalue weighted by Gasteiger charge is -2.33. The molecule has 6 nitrogen and oxygen atoms in total. The number of hydrogen-bond donors (Lipinski definition) is 1. The standard InChI is InChI=1S/C28H33N3O3/c1-19-6-7-22(27(32)29-23-9-10-23)17-26(19)31-14-12-21-8-11-24(18-25(21)28(31)33)34-16-15-30-13-4-3-5-20(30)2/h6-8,11-12,14,17-18,20,23H,3-5,9-10,13,15-16H2,1-2H3,(H,29,32)/t20-/m0/s1. The maximum absolute atomic E-state index is 13.5. The summed E-state index contributed by atoms with van der Waals surface area (Å²) in [5.74, 6) is 0.623. The second-order valence-corrected chi connectivity index (χ2v) is 9.72. The number of pyridine rings is 1. The van der Waals surface area contributed by atoms with Crippen molar-refractivity contribution in [1.29, 1.82) is 0 Å². The minimum atomic E-state index is -0.115. The van der Waals surface area contributed by atoms with Gasteiger partial charge in [-0.2, -0.15) is 0 Å². The number of carbonyl (C=O) groups is 1. The number of ether oxygens (including phenoxy) is 1. The van der Waals surface area contributed by atoms with E-state index in [4.69, 9.17) is 4.74 Å². The predicted molar refractivity (Wildman–Crippen MR) is 135 cm³/mol. The highest BCUT2D eigenvalue weighted by Gasteiger charge is 2.24. The molecule has 1 saturated carbocycles. The fraction of sp³-hybridized carbons (Fsp3) is 0.429. The first-order valence-electron chi connectivity index (χ1n) is 12.4. The number of aromatic nitrogens is 1. The van der Waals surface area contributed by atoms with Crippen LogP contribution in [0.3, 0.4) is 0 Å². The fourth-order valence-corrected chi connectivity index (χ4v) is 4.77. The van der Waals surface area contributed by atoms with Crippen molar-refractivity contribution in [3.05, 3.63) is 70.1 Å². The maximum Gasteiger partial charge on any atom is 0.263 e. The van der Waals surface area contributed by atoms with Gasteiger partial charge in [0.25, 0.3) is 11.5 Å². The molecule has 1 aliphatic carbocycles. The Hall–Kier alpha value is -3.12. The highest BCUT2D eigenvalue weighted by Crippen LogP contribution is 2.23. The Morgan fingerprint density at radius 2 is 1.94 bits per heavy atom. The molecule has 1 aliphatic heterocycles. The number of rotatable bonds is 7. The molecule has 0 radical (unpaired) electrons. The summed E-state index contributed by atoms with van der Waals surface area (Å²) in [7, 11) is 0. The average Bonchev–Trinajstić information content (AvgIpc) is 3.65. The van der Waals surface area contributed by atoms with Crippen LogP contribution in [0, 0.1) is 6.92 Å². The van der Waals surface area contributed by atoms with Gasteiger partial charge in [0.1, 0.15) is 12.4 Å². The normalized spacial score (nSPS) is 18.7. The SMILES string of the molecule is Cc1ccc(C(=O)NC2CC2)cc1-n1ccc2ccc(OCCN3CCCC[C@@H]3C)cc2c1=O. The molecular formula is C28H33N3O3. The van der Waals surface area contributed by atoms with Gasteiger partial charge in [-0.25, -0.2) is 0 Å². The number of piperidine rings is 1. The second kappa shape index (κ2) is 9.63. The molecule has 1 N–H and O–H groups in total. The van der Waals surface area contributed by atoms with E-state index in [9.17, 15) is 9.59 Å². The van der Waals surface area contributed by atoms with Gasteiger partial charge in [-0.1, -0.05) is 18.6 Å². The summed E-state index contributed by atoms with van der Waals surface area (Å²) in [4.78, 5) is 28.5. The summed E-state index contributed by atoms with van der Waals surface area (Å²) in [5.41, 5.74) is 2.12. The molecule has 1 aromatic heterocycles. The second-order valence-electron chi connectivity index (χ2n) is 9.72. The first-order chi connectivity index (χ1) is 16.5. The molecule has 2 aromatic carbocycles. The maximum atomic E-state index is 13.5. The van der Waals surface area contributed by atoms with Gasteiger partial charge in [-0.05, 0) is 87.4 Å².